The average molecular weight is 301 g/mol. The predicted molar refractivity (Wildman–Crippen MR) is 82.4 cm³/mol. The quantitative estimate of drug-likeness (QED) is 0.667. The van der Waals surface area contributed by atoms with Crippen molar-refractivity contribution < 1.29 is 4.55 Å². The first kappa shape index (κ1) is 16.5. The van der Waals surface area contributed by atoms with Crippen LogP contribution in [0, 0.1) is 5.92 Å². The van der Waals surface area contributed by atoms with E-state index in [-0.39, 0.29) is 16.7 Å². The van der Waals surface area contributed by atoms with Gasteiger partial charge in [0.05, 0.1) is 5.69 Å². The van der Waals surface area contributed by atoms with Crippen molar-refractivity contribution in [3.8, 4) is 0 Å². The van der Waals surface area contributed by atoms with Gasteiger partial charge in [-0.25, -0.2) is 0 Å². The topological polar surface area (TPSA) is 48.0 Å². The molecule has 1 heterocycles. The van der Waals surface area contributed by atoms with Gasteiger partial charge in [0.15, 0.2) is 0 Å². The minimum absolute atomic E-state index is 0.0947. The summed E-state index contributed by atoms with van der Waals surface area (Å²) in [7, 11) is 0. The Bertz CT molecular complexity index is 434. The zero-order chi connectivity index (χ0) is 14.6. The van der Waals surface area contributed by atoms with Crippen molar-refractivity contribution in [2.45, 2.75) is 38.5 Å². The molecule has 0 aliphatic carbocycles. The van der Waals surface area contributed by atoms with Crippen LogP contribution in [0.15, 0.2) is 31.0 Å². The van der Waals surface area contributed by atoms with E-state index in [1.54, 1.807) is 18.3 Å². The highest BCUT2D eigenvalue weighted by Crippen LogP contribution is 2.26. The molecule has 0 bridgehead atoms. The number of nitrogens with zero attached hydrogens (tertiary/aromatic N) is 1. The minimum Gasteiger partial charge on any atom is -0.598 e. The third-order valence-corrected chi connectivity index (χ3v) is 4.57. The second-order valence-electron chi connectivity index (χ2n) is 5.47. The number of pyridine rings is 1. The SMILES string of the molecule is C=C[C@@H](C)[C@H](N[S@@+]([O-])C(C)(C)C)c1cc(Cl)ccn1. The molecule has 0 aliphatic heterocycles. The van der Waals surface area contributed by atoms with E-state index in [0.29, 0.717) is 5.02 Å². The first-order valence-corrected chi connectivity index (χ1v) is 7.70. The van der Waals surface area contributed by atoms with Crippen molar-refractivity contribution in [1.82, 2.24) is 9.71 Å². The lowest BCUT2D eigenvalue weighted by Crippen LogP contribution is -2.43. The predicted octanol–water partition coefficient (Wildman–Crippen LogP) is 3.65. The summed E-state index contributed by atoms with van der Waals surface area (Å²) < 4.78 is 15.1. The standard InChI is InChI=1S/C14H21ClN2OS/c1-6-10(2)13(17-19(18)14(3,4)5)12-9-11(15)7-8-16-12/h6-10,13,17H,1H2,2-5H3/t10-,13+,19+/m1/s1. The van der Waals surface area contributed by atoms with Gasteiger partial charge >= 0.3 is 0 Å². The van der Waals surface area contributed by atoms with Crippen LogP contribution in [0.3, 0.4) is 0 Å². The summed E-state index contributed by atoms with van der Waals surface area (Å²) in [5, 5.41) is 0.620. The van der Waals surface area contributed by atoms with Crippen LogP contribution < -0.4 is 4.72 Å². The molecule has 0 amide bonds. The van der Waals surface area contributed by atoms with Crippen molar-refractivity contribution >= 4 is 23.0 Å². The second-order valence-corrected chi connectivity index (χ2v) is 7.90. The lowest BCUT2D eigenvalue weighted by molar-refractivity contribution is 0.473. The molecule has 0 radical (unpaired) electrons. The van der Waals surface area contributed by atoms with Crippen molar-refractivity contribution in [1.29, 1.82) is 0 Å². The number of rotatable bonds is 5. The van der Waals surface area contributed by atoms with Crippen LogP contribution in [0.25, 0.3) is 0 Å². The maximum Gasteiger partial charge on any atom is 0.136 e. The number of hydrogen-bond donors (Lipinski definition) is 1. The van der Waals surface area contributed by atoms with E-state index in [4.69, 9.17) is 11.6 Å². The Kier molecular flexibility index (Phi) is 5.86. The lowest BCUT2D eigenvalue weighted by Gasteiger charge is -2.29. The molecule has 0 fully saturated rings. The highest BCUT2D eigenvalue weighted by molar-refractivity contribution is 7.90. The summed E-state index contributed by atoms with van der Waals surface area (Å²) in [5.41, 5.74) is 0.775. The average Bonchev–Trinajstić information content (AvgIpc) is 2.33. The highest BCUT2D eigenvalue weighted by atomic mass is 35.5. The van der Waals surface area contributed by atoms with E-state index in [1.165, 1.54) is 0 Å². The van der Waals surface area contributed by atoms with Gasteiger partial charge < -0.3 is 4.55 Å². The molecule has 19 heavy (non-hydrogen) atoms. The fourth-order valence-electron chi connectivity index (χ4n) is 1.46. The van der Waals surface area contributed by atoms with E-state index in [1.807, 2.05) is 33.8 Å². The Morgan fingerprint density at radius 1 is 1.53 bits per heavy atom. The highest BCUT2D eigenvalue weighted by Gasteiger charge is 2.32. The summed E-state index contributed by atoms with van der Waals surface area (Å²) in [6, 6.07) is 3.34. The third kappa shape index (κ3) is 4.80. The van der Waals surface area contributed by atoms with Gasteiger partial charge in [0, 0.05) is 22.6 Å². The van der Waals surface area contributed by atoms with E-state index in [0.717, 1.165) is 5.69 Å². The van der Waals surface area contributed by atoms with Gasteiger partial charge in [0.25, 0.3) is 0 Å². The summed E-state index contributed by atoms with van der Waals surface area (Å²) in [5.74, 6) is 0.0947. The molecule has 3 atom stereocenters. The van der Waals surface area contributed by atoms with Gasteiger partial charge in [-0.1, -0.05) is 24.6 Å². The monoisotopic (exact) mass is 300 g/mol. The molecule has 0 aromatic carbocycles. The van der Waals surface area contributed by atoms with Crippen molar-refractivity contribution in [2.75, 3.05) is 0 Å². The lowest BCUT2D eigenvalue weighted by atomic mass is 10.00. The van der Waals surface area contributed by atoms with Crippen LogP contribution in [0.1, 0.15) is 39.4 Å². The number of aromatic nitrogens is 1. The van der Waals surface area contributed by atoms with Crippen LogP contribution >= 0.6 is 11.6 Å². The molecule has 0 spiro atoms. The van der Waals surface area contributed by atoms with E-state index < -0.39 is 11.4 Å². The summed E-state index contributed by atoms with van der Waals surface area (Å²) in [6.45, 7) is 11.6. The third-order valence-electron chi connectivity index (χ3n) is 2.75. The van der Waals surface area contributed by atoms with E-state index in [9.17, 15) is 4.55 Å². The second kappa shape index (κ2) is 6.75. The van der Waals surface area contributed by atoms with Crippen molar-refractivity contribution in [2.24, 2.45) is 5.92 Å². The number of halogens is 1. The van der Waals surface area contributed by atoms with Gasteiger partial charge in [-0.2, -0.15) is 0 Å². The number of nitrogens with one attached hydrogen (secondary N) is 1. The summed E-state index contributed by atoms with van der Waals surface area (Å²) in [4.78, 5) is 4.31. The zero-order valence-corrected chi connectivity index (χ0v) is 13.4. The molecule has 0 unspecified atom stereocenters. The van der Waals surface area contributed by atoms with Crippen molar-refractivity contribution in [3.63, 3.8) is 0 Å². The zero-order valence-electron chi connectivity index (χ0n) is 11.8. The van der Waals surface area contributed by atoms with E-state index >= 15 is 0 Å². The molecule has 1 rings (SSSR count). The molecule has 1 aromatic heterocycles. The van der Waals surface area contributed by atoms with Gasteiger partial charge in [-0.15, -0.1) is 11.3 Å². The Hall–Kier alpha value is -0.550. The first-order chi connectivity index (χ1) is 8.75. The molecule has 106 valence electrons. The molecular weight excluding hydrogens is 280 g/mol. The van der Waals surface area contributed by atoms with Gasteiger partial charge in [0.1, 0.15) is 10.8 Å². The smallest absolute Gasteiger partial charge is 0.136 e. The van der Waals surface area contributed by atoms with Gasteiger partial charge in [0.2, 0.25) is 0 Å². The Morgan fingerprint density at radius 2 is 2.16 bits per heavy atom. The maximum atomic E-state index is 12.3. The molecule has 1 N–H and O–H groups in total. The Labute approximate surface area is 123 Å². The molecule has 1 aromatic rings. The van der Waals surface area contributed by atoms with Gasteiger partial charge in [-0.05, 0) is 38.8 Å². The molecule has 0 saturated heterocycles. The van der Waals surface area contributed by atoms with E-state index in [2.05, 4.69) is 16.3 Å². The van der Waals surface area contributed by atoms with Crippen LogP contribution in [0.2, 0.25) is 5.02 Å². The molecule has 3 nitrogen and oxygen atoms in total. The molecular formula is C14H21ClN2OS. The molecule has 0 aliphatic rings. The molecule has 0 saturated carbocycles. The Morgan fingerprint density at radius 3 is 2.63 bits per heavy atom. The summed E-state index contributed by atoms with van der Waals surface area (Å²) in [6.07, 6.45) is 3.47. The van der Waals surface area contributed by atoms with Gasteiger partial charge in [-0.3, -0.25) is 4.98 Å². The maximum absolute atomic E-state index is 12.3. The van der Waals surface area contributed by atoms with Crippen LogP contribution in [0.5, 0.6) is 0 Å². The summed E-state index contributed by atoms with van der Waals surface area (Å²) >= 11 is 4.82. The Balaban J connectivity index is 2.99. The fraction of sp³-hybridized carbons (Fsp3) is 0.500. The van der Waals surface area contributed by atoms with Crippen molar-refractivity contribution in [3.05, 3.63) is 41.7 Å². The van der Waals surface area contributed by atoms with Crippen LogP contribution in [0.4, 0.5) is 0 Å². The van der Waals surface area contributed by atoms with Crippen LogP contribution in [-0.2, 0) is 11.4 Å². The molecule has 5 heteroatoms. The normalized spacial score (nSPS) is 16.7. The first-order valence-electron chi connectivity index (χ1n) is 6.17. The van der Waals surface area contributed by atoms with Crippen LogP contribution in [-0.4, -0.2) is 14.3 Å². The largest absolute Gasteiger partial charge is 0.598 e. The minimum atomic E-state index is -1.18. The fourth-order valence-corrected chi connectivity index (χ4v) is 2.54. The number of hydrogen-bond acceptors (Lipinski definition) is 3.